The number of likely N-dealkylation sites (tertiary alicyclic amines) is 1. The molecule has 0 atom stereocenters. The Morgan fingerprint density at radius 3 is 2.15 bits per heavy atom. The van der Waals surface area contributed by atoms with Gasteiger partial charge in [0.1, 0.15) is 5.69 Å². The summed E-state index contributed by atoms with van der Waals surface area (Å²) in [7, 11) is 0. The number of carbonyl (C=O) groups is 1. The van der Waals surface area contributed by atoms with E-state index >= 15 is 0 Å². The Morgan fingerprint density at radius 1 is 1.00 bits per heavy atom. The quantitative estimate of drug-likeness (QED) is 0.151. The second-order valence-corrected chi connectivity index (χ2v) is 15.1. The van der Waals surface area contributed by atoms with Crippen LogP contribution in [0.25, 0.3) is 27.5 Å². The van der Waals surface area contributed by atoms with Crippen molar-refractivity contribution in [2.45, 2.75) is 55.4 Å². The van der Waals surface area contributed by atoms with Gasteiger partial charge in [0.2, 0.25) is 5.13 Å². The molecule has 2 aromatic heterocycles. The summed E-state index contributed by atoms with van der Waals surface area (Å²) < 4.78 is 85.4. The predicted octanol–water partition coefficient (Wildman–Crippen LogP) is 9.63. The Morgan fingerprint density at radius 2 is 1.62 bits per heavy atom. The van der Waals surface area contributed by atoms with Crippen LogP contribution in [-0.2, 0) is 12.4 Å². The zero-order valence-corrected chi connectivity index (χ0v) is 28.4. The number of benzene rings is 2. The molecule has 0 saturated carbocycles. The highest BCUT2D eigenvalue weighted by atomic mass is 35.5. The third kappa shape index (κ3) is 7.61. The SMILES string of the molecule is Cc1nn(-c2nc(-c3ccc(Cl)c(Cl)c3)c(SC(C)C)s2)c(C(=O)N2CCC(CN)CC2)c1-c1cc(C(F)(F)F)cc(C(F)(F)F)c1. The second kappa shape index (κ2) is 13.6. The average Bonchev–Trinajstić information content (AvgIpc) is 3.57. The number of nitrogens with zero attached hydrogens (tertiary/aromatic N) is 4. The van der Waals surface area contributed by atoms with Gasteiger partial charge in [-0.2, -0.15) is 36.1 Å². The van der Waals surface area contributed by atoms with E-state index in [-0.39, 0.29) is 44.3 Å². The summed E-state index contributed by atoms with van der Waals surface area (Å²) in [6, 6.07) is 6.27. The molecule has 0 unspecified atom stereocenters. The highest BCUT2D eigenvalue weighted by Gasteiger charge is 2.39. The molecule has 1 amide bonds. The summed E-state index contributed by atoms with van der Waals surface area (Å²) in [5.41, 5.74) is 3.27. The maximum Gasteiger partial charge on any atom is 0.416 e. The molecule has 6 nitrogen and oxygen atoms in total. The zero-order chi connectivity index (χ0) is 34.4. The van der Waals surface area contributed by atoms with Gasteiger partial charge in [-0.3, -0.25) is 4.79 Å². The Labute approximate surface area is 285 Å². The van der Waals surface area contributed by atoms with Gasteiger partial charge in [-0.1, -0.05) is 54.5 Å². The standard InChI is InChI=1S/C31H29Cl2F6N5OS2/c1-15(2)46-28-25(18-4-5-22(32)23(33)12-18)41-29(47-28)44-26(27(45)43-8-6-17(14-40)7-9-43)24(16(3)42-44)19-10-20(30(34,35)36)13-21(11-19)31(37,38)39/h4-5,10-13,15,17H,6-9,14,40H2,1-3H3. The lowest BCUT2D eigenvalue weighted by atomic mass is 9.95. The summed E-state index contributed by atoms with van der Waals surface area (Å²) in [6.07, 6.45) is -8.97. The van der Waals surface area contributed by atoms with Crippen molar-refractivity contribution in [2.24, 2.45) is 11.7 Å². The lowest BCUT2D eigenvalue weighted by Gasteiger charge is -2.31. The first-order valence-electron chi connectivity index (χ1n) is 14.5. The minimum Gasteiger partial charge on any atom is -0.337 e. The molecule has 5 rings (SSSR count). The normalized spacial score (nSPS) is 14.8. The van der Waals surface area contributed by atoms with E-state index in [0.717, 1.165) is 4.21 Å². The van der Waals surface area contributed by atoms with Crippen molar-refractivity contribution in [3.8, 4) is 27.5 Å². The fourth-order valence-electron chi connectivity index (χ4n) is 5.34. The molecule has 4 aromatic rings. The van der Waals surface area contributed by atoms with E-state index in [2.05, 4.69) is 5.10 Å². The van der Waals surface area contributed by atoms with E-state index in [0.29, 0.717) is 60.9 Å². The van der Waals surface area contributed by atoms with Crippen LogP contribution in [0.4, 0.5) is 26.3 Å². The molecule has 1 aliphatic rings. The number of aromatic nitrogens is 3. The third-order valence-electron chi connectivity index (χ3n) is 7.68. The number of carbonyl (C=O) groups excluding carboxylic acids is 1. The van der Waals surface area contributed by atoms with Crippen LogP contribution >= 0.6 is 46.3 Å². The summed E-state index contributed by atoms with van der Waals surface area (Å²) in [5.74, 6) is -0.405. The highest BCUT2D eigenvalue weighted by Crippen LogP contribution is 2.44. The number of hydrogen-bond acceptors (Lipinski definition) is 6. The van der Waals surface area contributed by atoms with Gasteiger partial charge < -0.3 is 10.6 Å². The van der Waals surface area contributed by atoms with Gasteiger partial charge in [0, 0.05) is 29.5 Å². The highest BCUT2D eigenvalue weighted by molar-refractivity contribution is 8.01. The second-order valence-electron chi connectivity index (χ2n) is 11.4. The molecule has 252 valence electrons. The predicted molar refractivity (Wildman–Crippen MR) is 174 cm³/mol. The van der Waals surface area contributed by atoms with Crippen LogP contribution in [-0.4, -0.2) is 50.5 Å². The van der Waals surface area contributed by atoms with Gasteiger partial charge in [0.15, 0.2) is 0 Å². The van der Waals surface area contributed by atoms with Crippen LogP contribution in [0.5, 0.6) is 0 Å². The Balaban J connectivity index is 1.76. The van der Waals surface area contributed by atoms with Gasteiger partial charge in [-0.15, -0.1) is 11.8 Å². The molecule has 2 N–H and O–H groups in total. The topological polar surface area (TPSA) is 77.0 Å². The van der Waals surface area contributed by atoms with E-state index in [9.17, 15) is 31.1 Å². The Hall–Kier alpha value is -2.78. The number of hydrogen-bond donors (Lipinski definition) is 1. The fourth-order valence-corrected chi connectivity index (χ4v) is 8.11. The molecule has 1 fully saturated rings. The first-order valence-corrected chi connectivity index (χ1v) is 16.9. The van der Waals surface area contributed by atoms with Crippen molar-refractivity contribution in [3.05, 3.63) is 69.0 Å². The molecule has 16 heteroatoms. The number of nitrogens with two attached hydrogens (primary N) is 1. The lowest BCUT2D eigenvalue weighted by molar-refractivity contribution is -0.143. The monoisotopic (exact) mass is 735 g/mol. The first kappa shape index (κ1) is 35.5. The van der Waals surface area contributed by atoms with Crippen molar-refractivity contribution in [1.29, 1.82) is 0 Å². The molecule has 47 heavy (non-hydrogen) atoms. The molecule has 0 spiro atoms. The first-order chi connectivity index (χ1) is 22.0. The zero-order valence-electron chi connectivity index (χ0n) is 25.3. The van der Waals surface area contributed by atoms with Gasteiger partial charge >= 0.3 is 12.4 Å². The molecular weight excluding hydrogens is 707 g/mol. The summed E-state index contributed by atoms with van der Waals surface area (Å²) in [5, 5.41) is 5.46. The summed E-state index contributed by atoms with van der Waals surface area (Å²) in [4.78, 5) is 20.6. The van der Waals surface area contributed by atoms with Crippen LogP contribution in [0.15, 0.2) is 40.6 Å². The molecule has 0 radical (unpaired) electrons. The number of thiazole rings is 1. The summed E-state index contributed by atoms with van der Waals surface area (Å²) >= 11 is 15.1. The van der Waals surface area contributed by atoms with Crippen LogP contribution < -0.4 is 5.73 Å². The van der Waals surface area contributed by atoms with Gasteiger partial charge in [0.25, 0.3) is 5.91 Å². The molecule has 1 aliphatic heterocycles. The number of rotatable bonds is 7. The van der Waals surface area contributed by atoms with Crippen molar-refractivity contribution in [2.75, 3.05) is 19.6 Å². The van der Waals surface area contributed by atoms with Gasteiger partial charge in [0.05, 0.1) is 36.8 Å². The number of thioether (sulfide) groups is 1. The number of alkyl halides is 6. The van der Waals surface area contributed by atoms with Crippen LogP contribution in [0.3, 0.4) is 0 Å². The largest absolute Gasteiger partial charge is 0.416 e. The van der Waals surface area contributed by atoms with Crippen LogP contribution in [0, 0.1) is 12.8 Å². The summed E-state index contributed by atoms with van der Waals surface area (Å²) in [6.45, 7) is 6.44. The Kier molecular flexibility index (Phi) is 10.3. The number of piperidine rings is 1. The molecule has 2 aromatic carbocycles. The third-order valence-corrected chi connectivity index (χ3v) is 10.7. The molecule has 1 saturated heterocycles. The van der Waals surface area contributed by atoms with E-state index < -0.39 is 35.0 Å². The fraction of sp³-hybridized carbons (Fsp3) is 0.387. The maximum absolute atomic E-state index is 14.3. The molecule has 0 bridgehead atoms. The van der Waals surface area contributed by atoms with Crippen LogP contribution in [0.1, 0.15) is 54.0 Å². The number of aryl methyl sites for hydroxylation is 1. The van der Waals surface area contributed by atoms with E-state index in [1.165, 1.54) is 39.6 Å². The van der Waals surface area contributed by atoms with E-state index in [1.807, 2.05) is 13.8 Å². The minimum atomic E-state index is -5.08. The number of amides is 1. The number of halogens is 8. The molecular formula is C31H29Cl2F6N5OS2. The minimum absolute atomic E-state index is 0.0574. The maximum atomic E-state index is 14.3. The molecule has 3 heterocycles. The van der Waals surface area contributed by atoms with E-state index in [4.69, 9.17) is 33.9 Å². The van der Waals surface area contributed by atoms with Gasteiger partial charge in [-0.05, 0) is 68.1 Å². The van der Waals surface area contributed by atoms with Crippen molar-refractivity contribution in [1.82, 2.24) is 19.7 Å². The smallest absolute Gasteiger partial charge is 0.337 e. The van der Waals surface area contributed by atoms with Gasteiger partial charge in [-0.25, -0.2) is 4.98 Å². The Bertz CT molecular complexity index is 1760. The average molecular weight is 737 g/mol. The molecule has 0 aliphatic carbocycles. The van der Waals surface area contributed by atoms with Crippen molar-refractivity contribution < 1.29 is 31.1 Å². The lowest BCUT2D eigenvalue weighted by Crippen LogP contribution is -2.41. The van der Waals surface area contributed by atoms with Crippen LogP contribution in [0.2, 0.25) is 10.0 Å². The van der Waals surface area contributed by atoms with Crippen molar-refractivity contribution in [3.63, 3.8) is 0 Å². The van der Waals surface area contributed by atoms with Crippen molar-refractivity contribution >= 4 is 52.2 Å². The van der Waals surface area contributed by atoms with E-state index in [1.54, 1.807) is 18.2 Å².